The highest BCUT2D eigenvalue weighted by Crippen LogP contribution is 2.06. The SMILES string of the molecule is C[C@@H](O)CN1CCOCC1CO. The fourth-order valence-corrected chi connectivity index (χ4v) is 1.44. The average molecular weight is 175 g/mol. The Morgan fingerprint density at radius 3 is 3.00 bits per heavy atom. The van der Waals surface area contributed by atoms with Gasteiger partial charge in [-0.25, -0.2) is 0 Å². The van der Waals surface area contributed by atoms with E-state index in [1.54, 1.807) is 6.92 Å². The van der Waals surface area contributed by atoms with Gasteiger partial charge in [-0.3, -0.25) is 4.90 Å². The predicted octanol–water partition coefficient (Wildman–Crippen LogP) is -0.940. The lowest BCUT2D eigenvalue weighted by Crippen LogP contribution is -2.49. The van der Waals surface area contributed by atoms with Crippen molar-refractivity contribution < 1.29 is 14.9 Å². The zero-order valence-corrected chi connectivity index (χ0v) is 7.44. The lowest BCUT2D eigenvalue weighted by Gasteiger charge is -2.34. The van der Waals surface area contributed by atoms with Crippen LogP contribution < -0.4 is 0 Å². The minimum Gasteiger partial charge on any atom is -0.395 e. The summed E-state index contributed by atoms with van der Waals surface area (Å²) in [5, 5.41) is 18.1. The number of nitrogens with zero attached hydrogens (tertiary/aromatic N) is 1. The first-order valence-corrected chi connectivity index (χ1v) is 4.34. The van der Waals surface area contributed by atoms with E-state index in [-0.39, 0.29) is 18.8 Å². The first-order valence-electron chi connectivity index (χ1n) is 4.34. The van der Waals surface area contributed by atoms with Crippen LogP contribution in [0.2, 0.25) is 0 Å². The third-order valence-corrected chi connectivity index (χ3v) is 2.06. The third-order valence-electron chi connectivity index (χ3n) is 2.06. The van der Waals surface area contributed by atoms with Gasteiger partial charge in [-0.15, -0.1) is 0 Å². The molecule has 4 heteroatoms. The molecule has 1 fully saturated rings. The van der Waals surface area contributed by atoms with Crippen LogP contribution in [0.4, 0.5) is 0 Å². The van der Waals surface area contributed by atoms with E-state index in [1.165, 1.54) is 0 Å². The zero-order chi connectivity index (χ0) is 8.97. The summed E-state index contributed by atoms with van der Waals surface area (Å²) in [5.74, 6) is 0. The van der Waals surface area contributed by atoms with Gasteiger partial charge in [-0.1, -0.05) is 0 Å². The lowest BCUT2D eigenvalue weighted by molar-refractivity contribution is -0.0411. The lowest BCUT2D eigenvalue weighted by atomic mass is 10.2. The van der Waals surface area contributed by atoms with Crippen LogP contribution >= 0.6 is 0 Å². The number of morpholine rings is 1. The second kappa shape index (κ2) is 4.77. The van der Waals surface area contributed by atoms with E-state index in [4.69, 9.17) is 14.9 Å². The summed E-state index contributed by atoms with van der Waals surface area (Å²) in [5.41, 5.74) is 0. The molecule has 12 heavy (non-hydrogen) atoms. The summed E-state index contributed by atoms with van der Waals surface area (Å²) in [6, 6.07) is 0.0633. The third kappa shape index (κ3) is 2.71. The monoisotopic (exact) mass is 175 g/mol. The van der Waals surface area contributed by atoms with Crippen molar-refractivity contribution in [1.82, 2.24) is 4.90 Å². The Hall–Kier alpha value is -0.160. The normalized spacial score (nSPS) is 28.8. The molecule has 1 unspecified atom stereocenters. The minimum atomic E-state index is -0.336. The minimum absolute atomic E-state index is 0.0633. The van der Waals surface area contributed by atoms with Crippen molar-refractivity contribution >= 4 is 0 Å². The molecule has 0 saturated carbocycles. The van der Waals surface area contributed by atoms with Gasteiger partial charge in [0.25, 0.3) is 0 Å². The molecular weight excluding hydrogens is 158 g/mol. The molecular formula is C8H17NO3. The summed E-state index contributed by atoms with van der Waals surface area (Å²) < 4.78 is 5.20. The van der Waals surface area contributed by atoms with Crippen molar-refractivity contribution in [3.63, 3.8) is 0 Å². The molecule has 4 nitrogen and oxygen atoms in total. The maximum absolute atomic E-state index is 9.15. The molecule has 1 aliphatic heterocycles. The van der Waals surface area contributed by atoms with Gasteiger partial charge in [0.15, 0.2) is 0 Å². The standard InChI is InChI=1S/C8H17NO3/c1-7(11)4-9-2-3-12-6-8(9)5-10/h7-8,10-11H,2-6H2,1H3/t7-,8?/m1/s1. The van der Waals surface area contributed by atoms with Crippen molar-refractivity contribution in [3.8, 4) is 0 Å². The molecule has 0 aromatic carbocycles. The molecule has 0 spiro atoms. The van der Waals surface area contributed by atoms with Gasteiger partial charge < -0.3 is 14.9 Å². The number of ether oxygens (including phenoxy) is 1. The average Bonchev–Trinajstić information content (AvgIpc) is 2.04. The van der Waals surface area contributed by atoms with Crippen molar-refractivity contribution in [2.24, 2.45) is 0 Å². The molecule has 2 N–H and O–H groups in total. The molecule has 0 radical (unpaired) electrons. The van der Waals surface area contributed by atoms with E-state index in [9.17, 15) is 0 Å². The highest BCUT2D eigenvalue weighted by molar-refractivity contribution is 4.75. The van der Waals surface area contributed by atoms with Gasteiger partial charge in [0, 0.05) is 13.1 Å². The van der Waals surface area contributed by atoms with Gasteiger partial charge in [0.05, 0.1) is 32.0 Å². The number of rotatable bonds is 3. The van der Waals surface area contributed by atoms with Crippen LogP contribution in [-0.4, -0.2) is 60.2 Å². The number of aliphatic hydroxyl groups excluding tert-OH is 2. The van der Waals surface area contributed by atoms with E-state index in [0.717, 1.165) is 6.54 Å². The number of aliphatic hydroxyl groups is 2. The largest absolute Gasteiger partial charge is 0.395 e. The van der Waals surface area contributed by atoms with E-state index >= 15 is 0 Å². The Labute approximate surface area is 72.7 Å². The Balaban J connectivity index is 2.36. The maximum atomic E-state index is 9.15. The van der Waals surface area contributed by atoms with E-state index < -0.39 is 0 Å². The van der Waals surface area contributed by atoms with Gasteiger partial charge in [-0.05, 0) is 6.92 Å². The molecule has 0 amide bonds. The van der Waals surface area contributed by atoms with Crippen LogP contribution in [0.15, 0.2) is 0 Å². The second-order valence-electron chi connectivity index (χ2n) is 3.26. The fourth-order valence-electron chi connectivity index (χ4n) is 1.44. The van der Waals surface area contributed by atoms with Crippen molar-refractivity contribution in [3.05, 3.63) is 0 Å². The van der Waals surface area contributed by atoms with Crippen LogP contribution in [0.1, 0.15) is 6.92 Å². The topological polar surface area (TPSA) is 52.9 Å². The number of β-amino-alcohol motifs (C(OH)–C–C–N with tert-alkyl or cyclic N) is 1. The molecule has 1 saturated heterocycles. The summed E-state index contributed by atoms with van der Waals surface area (Å²) in [6.45, 7) is 4.55. The summed E-state index contributed by atoms with van der Waals surface area (Å²) in [7, 11) is 0. The molecule has 2 atom stereocenters. The fraction of sp³-hybridized carbons (Fsp3) is 1.00. The molecule has 0 aromatic rings. The van der Waals surface area contributed by atoms with Gasteiger partial charge in [0.2, 0.25) is 0 Å². The quantitative estimate of drug-likeness (QED) is 0.581. The molecule has 1 aliphatic rings. The maximum Gasteiger partial charge on any atom is 0.0644 e. The number of hydrogen-bond donors (Lipinski definition) is 2. The highest BCUT2D eigenvalue weighted by atomic mass is 16.5. The van der Waals surface area contributed by atoms with Crippen LogP contribution in [0, 0.1) is 0 Å². The Bertz CT molecular complexity index is 129. The number of hydrogen-bond acceptors (Lipinski definition) is 4. The smallest absolute Gasteiger partial charge is 0.0644 e. The molecule has 1 rings (SSSR count). The summed E-state index contributed by atoms with van der Waals surface area (Å²) >= 11 is 0. The molecule has 0 aromatic heterocycles. The van der Waals surface area contributed by atoms with Gasteiger partial charge >= 0.3 is 0 Å². The van der Waals surface area contributed by atoms with Crippen LogP contribution in [0.25, 0.3) is 0 Å². The van der Waals surface area contributed by atoms with Crippen molar-refractivity contribution in [2.45, 2.75) is 19.1 Å². The summed E-state index contributed by atoms with van der Waals surface area (Å²) in [4.78, 5) is 2.06. The zero-order valence-electron chi connectivity index (χ0n) is 7.44. The molecule has 1 heterocycles. The predicted molar refractivity (Wildman–Crippen MR) is 44.9 cm³/mol. The molecule has 0 aliphatic carbocycles. The van der Waals surface area contributed by atoms with Crippen molar-refractivity contribution in [2.75, 3.05) is 32.9 Å². The van der Waals surface area contributed by atoms with Gasteiger partial charge in [0.1, 0.15) is 0 Å². The van der Waals surface area contributed by atoms with E-state index in [0.29, 0.717) is 19.8 Å². The molecule has 0 bridgehead atoms. The Kier molecular flexibility index (Phi) is 3.94. The van der Waals surface area contributed by atoms with Crippen LogP contribution in [-0.2, 0) is 4.74 Å². The summed E-state index contributed by atoms with van der Waals surface area (Å²) in [6.07, 6.45) is -0.336. The van der Waals surface area contributed by atoms with Crippen LogP contribution in [0.5, 0.6) is 0 Å². The Morgan fingerprint density at radius 2 is 2.42 bits per heavy atom. The van der Waals surface area contributed by atoms with Gasteiger partial charge in [-0.2, -0.15) is 0 Å². The highest BCUT2D eigenvalue weighted by Gasteiger charge is 2.22. The van der Waals surface area contributed by atoms with Crippen molar-refractivity contribution in [1.29, 1.82) is 0 Å². The second-order valence-corrected chi connectivity index (χ2v) is 3.26. The molecule has 72 valence electrons. The first kappa shape index (κ1) is 9.92. The van der Waals surface area contributed by atoms with E-state index in [2.05, 4.69) is 4.90 Å². The Morgan fingerprint density at radius 1 is 1.67 bits per heavy atom. The van der Waals surface area contributed by atoms with E-state index in [1.807, 2.05) is 0 Å². The first-order chi connectivity index (χ1) is 5.74. The van der Waals surface area contributed by atoms with Crippen LogP contribution in [0.3, 0.4) is 0 Å².